The lowest BCUT2D eigenvalue weighted by atomic mass is 9.98. The van der Waals surface area contributed by atoms with Gasteiger partial charge in [-0.3, -0.25) is 0 Å². The molecule has 0 heterocycles. The van der Waals surface area contributed by atoms with E-state index in [0.29, 0.717) is 5.39 Å². The second-order valence-corrected chi connectivity index (χ2v) is 9.86. The van der Waals surface area contributed by atoms with Gasteiger partial charge in [-0.25, -0.2) is 13.2 Å². The molecule has 0 aliphatic rings. The fourth-order valence-corrected chi connectivity index (χ4v) is 4.66. The zero-order chi connectivity index (χ0) is 28.5. The maximum Gasteiger partial charge on any atom is 0.387 e. The van der Waals surface area contributed by atoms with Gasteiger partial charge in [0.05, 0.1) is 5.56 Å². The van der Waals surface area contributed by atoms with Crippen molar-refractivity contribution in [1.29, 1.82) is 0 Å². The van der Waals surface area contributed by atoms with Crippen molar-refractivity contribution < 1.29 is 26.7 Å². The summed E-state index contributed by atoms with van der Waals surface area (Å²) in [5.74, 6) is 0.711. The highest BCUT2D eigenvalue weighted by atomic mass is 19.3. The Morgan fingerprint density at radius 2 is 1.30 bits per heavy atom. The molecule has 0 amide bonds. The van der Waals surface area contributed by atoms with E-state index >= 15 is 4.39 Å². The quantitative estimate of drug-likeness (QED) is 0.103. The van der Waals surface area contributed by atoms with Crippen LogP contribution in [0.15, 0.2) is 66.7 Å². The van der Waals surface area contributed by atoms with E-state index in [1.165, 1.54) is 49.3 Å². The van der Waals surface area contributed by atoms with E-state index in [1.54, 1.807) is 12.1 Å². The van der Waals surface area contributed by atoms with Crippen molar-refractivity contribution in [2.24, 2.45) is 0 Å². The van der Waals surface area contributed by atoms with E-state index in [-0.39, 0.29) is 11.1 Å². The largest absolute Gasteiger partial charge is 0.429 e. The van der Waals surface area contributed by atoms with Gasteiger partial charge in [0.25, 0.3) is 0 Å². The first-order valence-electron chi connectivity index (χ1n) is 13.6. The standard InChI is InChI=1S/C34H31F5O/c1-2-3-4-5-6-7-23-8-10-24(11-9-23)12-13-25-15-19-29-28(20-25)18-17-27(32(29)37)16-14-26-21-30(35)33(31(36)22-26)40-34(38)39/h8-11,15,17-22,34H,2-7,12-13H2,1H3. The van der Waals surface area contributed by atoms with Crippen LogP contribution in [0.2, 0.25) is 0 Å². The highest BCUT2D eigenvalue weighted by Crippen LogP contribution is 2.26. The van der Waals surface area contributed by atoms with E-state index in [0.717, 1.165) is 42.3 Å². The Balaban J connectivity index is 1.40. The molecular formula is C34H31F5O. The van der Waals surface area contributed by atoms with Crippen LogP contribution in [0.1, 0.15) is 66.8 Å². The highest BCUT2D eigenvalue weighted by molar-refractivity contribution is 5.85. The lowest BCUT2D eigenvalue weighted by Gasteiger charge is -2.08. The number of hydrogen-bond acceptors (Lipinski definition) is 1. The van der Waals surface area contributed by atoms with E-state index < -0.39 is 29.8 Å². The van der Waals surface area contributed by atoms with Gasteiger partial charge in [0, 0.05) is 10.9 Å². The van der Waals surface area contributed by atoms with Crippen molar-refractivity contribution in [2.75, 3.05) is 0 Å². The smallest absolute Gasteiger partial charge is 0.387 e. The van der Waals surface area contributed by atoms with Gasteiger partial charge in [-0.2, -0.15) is 8.78 Å². The van der Waals surface area contributed by atoms with Crippen LogP contribution in [0.25, 0.3) is 10.8 Å². The van der Waals surface area contributed by atoms with Gasteiger partial charge >= 0.3 is 6.61 Å². The van der Waals surface area contributed by atoms with Crippen LogP contribution >= 0.6 is 0 Å². The number of benzene rings is 4. The molecule has 0 N–H and O–H groups in total. The average molecular weight is 551 g/mol. The molecule has 0 unspecified atom stereocenters. The van der Waals surface area contributed by atoms with E-state index in [1.807, 2.05) is 12.1 Å². The lowest BCUT2D eigenvalue weighted by molar-refractivity contribution is -0.0546. The number of fused-ring (bicyclic) bond motifs is 1. The monoisotopic (exact) mass is 550 g/mol. The van der Waals surface area contributed by atoms with Gasteiger partial charge in [0.2, 0.25) is 0 Å². The summed E-state index contributed by atoms with van der Waals surface area (Å²) in [5, 5.41) is 1.11. The summed E-state index contributed by atoms with van der Waals surface area (Å²) in [6.07, 6.45) is 9.18. The predicted molar refractivity (Wildman–Crippen MR) is 149 cm³/mol. The first-order chi connectivity index (χ1) is 19.3. The predicted octanol–water partition coefficient (Wildman–Crippen LogP) is 9.56. The number of rotatable bonds is 11. The number of aryl methyl sites for hydroxylation is 3. The molecule has 0 spiro atoms. The molecule has 0 fully saturated rings. The van der Waals surface area contributed by atoms with Crippen molar-refractivity contribution >= 4 is 10.8 Å². The van der Waals surface area contributed by atoms with Gasteiger partial charge in [-0.15, -0.1) is 0 Å². The van der Waals surface area contributed by atoms with Crippen molar-refractivity contribution in [3.63, 3.8) is 0 Å². The van der Waals surface area contributed by atoms with Gasteiger partial charge in [0.1, 0.15) is 5.82 Å². The Hall–Kier alpha value is -3.85. The number of halogens is 5. The summed E-state index contributed by atoms with van der Waals surface area (Å²) in [5.41, 5.74) is 3.63. The van der Waals surface area contributed by atoms with E-state index in [9.17, 15) is 17.6 Å². The fourth-order valence-electron chi connectivity index (χ4n) is 4.66. The van der Waals surface area contributed by atoms with Gasteiger partial charge < -0.3 is 4.74 Å². The van der Waals surface area contributed by atoms with Crippen molar-refractivity contribution in [3.8, 4) is 17.6 Å². The second-order valence-electron chi connectivity index (χ2n) is 9.86. The Morgan fingerprint density at radius 3 is 1.98 bits per heavy atom. The molecule has 0 bridgehead atoms. The molecule has 40 heavy (non-hydrogen) atoms. The van der Waals surface area contributed by atoms with Crippen LogP contribution in [0, 0.1) is 29.3 Å². The molecule has 208 valence electrons. The fraction of sp³-hybridized carbons (Fsp3) is 0.294. The van der Waals surface area contributed by atoms with Crippen LogP contribution in [0.3, 0.4) is 0 Å². The summed E-state index contributed by atoms with van der Waals surface area (Å²) >= 11 is 0. The molecular weight excluding hydrogens is 519 g/mol. The zero-order valence-electron chi connectivity index (χ0n) is 22.4. The Labute approximate surface area is 232 Å². The molecule has 0 atom stereocenters. The molecule has 1 nitrogen and oxygen atoms in total. The molecule has 0 aliphatic heterocycles. The summed E-state index contributed by atoms with van der Waals surface area (Å²) < 4.78 is 71.5. The maximum absolute atomic E-state index is 15.2. The van der Waals surface area contributed by atoms with Gasteiger partial charge in [-0.1, -0.05) is 93.0 Å². The second kappa shape index (κ2) is 14.0. The van der Waals surface area contributed by atoms with E-state index in [2.05, 4.69) is 47.8 Å². The summed E-state index contributed by atoms with van der Waals surface area (Å²) in [6, 6.07) is 19.1. The Kier molecular flexibility index (Phi) is 10.2. The van der Waals surface area contributed by atoms with Crippen LogP contribution in [0.4, 0.5) is 22.0 Å². The third-order valence-electron chi connectivity index (χ3n) is 6.86. The van der Waals surface area contributed by atoms with Crippen LogP contribution in [-0.4, -0.2) is 6.61 Å². The molecule has 4 aromatic carbocycles. The highest BCUT2D eigenvalue weighted by Gasteiger charge is 2.16. The number of ether oxygens (including phenoxy) is 1. The summed E-state index contributed by atoms with van der Waals surface area (Å²) in [4.78, 5) is 0. The maximum atomic E-state index is 15.2. The first-order valence-corrected chi connectivity index (χ1v) is 13.6. The topological polar surface area (TPSA) is 9.23 Å². The van der Waals surface area contributed by atoms with Gasteiger partial charge in [-0.05, 0) is 66.0 Å². The molecule has 0 saturated carbocycles. The summed E-state index contributed by atoms with van der Waals surface area (Å²) in [6.45, 7) is -1.14. The minimum absolute atomic E-state index is 0.0550. The minimum atomic E-state index is -3.37. The van der Waals surface area contributed by atoms with Crippen molar-refractivity contribution in [2.45, 2.75) is 64.9 Å². The third-order valence-corrected chi connectivity index (χ3v) is 6.86. The van der Waals surface area contributed by atoms with Crippen LogP contribution < -0.4 is 4.74 Å². The van der Waals surface area contributed by atoms with Crippen LogP contribution in [0.5, 0.6) is 5.75 Å². The van der Waals surface area contributed by atoms with Crippen LogP contribution in [-0.2, 0) is 19.3 Å². The van der Waals surface area contributed by atoms with Crippen molar-refractivity contribution in [3.05, 3.63) is 112 Å². The number of alkyl halides is 2. The SMILES string of the molecule is CCCCCCCc1ccc(CCc2ccc3c(F)c(C#Cc4cc(F)c(OC(F)F)c(F)c4)ccc3c2)cc1. The molecule has 0 aliphatic carbocycles. The number of unbranched alkanes of at least 4 members (excludes halogenated alkanes) is 4. The third kappa shape index (κ3) is 7.85. The van der Waals surface area contributed by atoms with Gasteiger partial charge in [0.15, 0.2) is 17.4 Å². The zero-order valence-corrected chi connectivity index (χ0v) is 22.4. The molecule has 4 aromatic rings. The molecule has 0 aromatic heterocycles. The summed E-state index contributed by atoms with van der Waals surface area (Å²) in [7, 11) is 0. The molecule has 4 rings (SSSR count). The minimum Gasteiger partial charge on any atom is -0.429 e. The molecule has 0 radical (unpaired) electrons. The lowest BCUT2D eigenvalue weighted by Crippen LogP contribution is -2.06. The normalized spacial score (nSPS) is 11.1. The molecule has 0 saturated heterocycles. The number of hydrogen-bond donors (Lipinski definition) is 0. The van der Waals surface area contributed by atoms with E-state index in [4.69, 9.17) is 0 Å². The average Bonchev–Trinajstić information content (AvgIpc) is 2.94. The molecule has 6 heteroatoms. The Bertz CT molecular complexity index is 1480. The van der Waals surface area contributed by atoms with Crippen molar-refractivity contribution in [1.82, 2.24) is 0 Å². The first kappa shape index (κ1) is 29.1. The Morgan fingerprint density at radius 1 is 0.675 bits per heavy atom.